The first kappa shape index (κ1) is 12.8. The maximum atomic E-state index is 8.71. The normalized spacial score (nSPS) is 17.2. The van der Waals surface area contributed by atoms with Crippen LogP contribution in [0.3, 0.4) is 0 Å². The number of nitriles is 1. The molecule has 3 rings (SSSR count). The van der Waals surface area contributed by atoms with Gasteiger partial charge in [-0.2, -0.15) is 10.4 Å². The molecule has 104 valence electrons. The average Bonchev–Trinajstić information content (AvgIpc) is 2.84. The smallest absolute Gasteiger partial charge is 0.163 e. The summed E-state index contributed by atoms with van der Waals surface area (Å²) in [5, 5.41) is 17.4. The molecule has 0 spiro atoms. The molecular formula is C13H17N7. The van der Waals surface area contributed by atoms with Gasteiger partial charge in [-0.25, -0.2) is 9.97 Å². The summed E-state index contributed by atoms with van der Waals surface area (Å²) in [6.45, 7) is 2.42. The summed E-state index contributed by atoms with van der Waals surface area (Å²) in [6, 6.07) is 2.59. The SMILES string of the molecule is Cn1ncc2c(NC3CCN(CC#N)CC3)ncnc21. The second kappa shape index (κ2) is 5.43. The van der Waals surface area contributed by atoms with Crippen molar-refractivity contribution in [2.75, 3.05) is 25.0 Å². The molecule has 0 atom stereocenters. The zero-order chi connectivity index (χ0) is 13.9. The number of nitrogens with zero attached hydrogens (tertiary/aromatic N) is 6. The van der Waals surface area contributed by atoms with Crippen LogP contribution in [0.5, 0.6) is 0 Å². The Hall–Kier alpha value is -2.20. The van der Waals surface area contributed by atoms with E-state index >= 15 is 0 Å². The third-order valence-corrected chi connectivity index (χ3v) is 3.75. The predicted octanol–water partition coefficient (Wildman–Crippen LogP) is 0.763. The monoisotopic (exact) mass is 271 g/mol. The number of aryl methyl sites for hydroxylation is 1. The van der Waals surface area contributed by atoms with Crippen molar-refractivity contribution in [1.29, 1.82) is 5.26 Å². The van der Waals surface area contributed by atoms with Crippen LogP contribution >= 0.6 is 0 Å². The number of nitrogens with one attached hydrogen (secondary N) is 1. The van der Waals surface area contributed by atoms with E-state index in [1.807, 2.05) is 7.05 Å². The molecule has 1 saturated heterocycles. The Balaban J connectivity index is 1.70. The Labute approximate surface area is 117 Å². The average molecular weight is 271 g/mol. The minimum atomic E-state index is 0.392. The van der Waals surface area contributed by atoms with Gasteiger partial charge in [-0.3, -0.25) is 9.58 Å². The van der Waals surface area contributed by atoms with Crippen molar-refractivity contribution in [1.82, 2.24) is 24.6 Å². The van der Waals surface area contributed by atoms with Gasteiger partial charge in [0.1, 0.15) is 12.1 Å². The van der Waals surface area contributed by atoms with Crippen LogP contribution < -0.4 is 5.32 Å². The summed E-state index contributed by atoms with van der Waals surface area (Å²) >= 11 is 0. The molecule has 1 fully saturated rings. The first-order valence-electron chi connectivity index (χ1n) is 6.76. The van der Waals surface area contributed by atoms with Crippen LogP contribution in [-0.4, -0.2) is 50.3 Å². The van der Waals surface area contributed by atoms with E-state index in [9.17, 15) is 0 Å². The Bertz CT molecular complexity index is 634. The predicted molar refractivity (Wildman–Crippen MR) is 75.0 cm³/mol. The molecule has 0 aromatic carbocycles. The number of anilines is 1. The number of fused-ring (bicyclic) bond motifs is 1. The number of hydrogen-bond donors (Lipinski definition) is 1. The van der Waals surface area contributed by atoms with Crippen molar-refractivity contribution in [2.45, 2.75) is 18.9 Å². The second-order valence-electron chi connectivity index (χ2n) is 5.08. The minimum absolute atomic E-state index is 0.392. The standard InChI is InChI=1S/C13H17N7/c1-19-13-11(8-17-19)12(15-9-16-13)18-10-2-5-20(6-3-10)7-4-14/h8-10H,2-3,5-7H2,1H3,(H,15,16,18). The van der Waals surface area contributed by atoms with Crippen molar-refractivity contribution in [3.05, 3.63) is 12.5 Å². The molecular weight excluding hydrogens is 254 g/mol. The zero-order valence-electron chi connectivity index (χ0n) is 11.5. The first-order chi connectivity index (χ1) is 9.78. The third-order valence-electron chi connectivity index (χ3n) is 3.75. The Morgan fingerprint density at radius 2 is 2.20 bits per heavy atom. The van der Waals surface area contributed by atoms with Crippen LogP contribution in [0.1, 0.15) is 12.8 Å². The topological polar surface area (TPSA) is 82.7 Å². The van der Waals surface area contributed by atoms with E-state index in [2.05, 4.69) is 31.4 Å². The van der Waals surface area contributed by atoms with Gasteiger partial charge in [-0.15, -0.1) is 0 Å². The molecule has 1 N–H and O–H groups in total. The molecule has 1 aliphatic rings. The van der Waals surface area contributed by atoms with Crippen LogP contribution in [0.15, 0.2) is 12.5 Å². The lowest BCUT2D eigenvalue weighted by Crippen LogP contribution is -2.39. The first-order valence-corrected chi connectivity index (χ1v) is 6.76. The lowest BCUT2D eigenvalue weighted by Gasteiger charge is -2.30. The molecule has 20 heavy (non-hydrogen) atoms. The van der Waals surface area contributed by atoms with Crippen molar-refractivity contribution in [3.63, 3.8) is 0 Å². The van der Waals surface area contributed by atoms with Crippen LogP contribution in [0.4, 0.5) is 5.82 Å². The van der Waals surface area contributed by atoms with Crippen LogP contribution in [-0.2, 0) is 7.05 Å². The van der Waals surface area contributed by atoms with E-state index in [1.54, 1.807) is 17.2 Å². The highest BCUT2D eigenvalue weighted by atomic mass is 15.3. The van der Waals surface area contributed by atoms with Crippen molar-refractivity contribution in [2.24, 2.45) is 7.05 Å². The number of likely N-dealkylation sites (tertiary alicyclic amines) is 1. The van der Waals surface area contributed by atoms with Gasteiger partial charge >= 0.3 is 0 Å². The van der Waals surface area contributed by atoms with E-state index in [0.717, 1.165) is 42.8 Å². The van der Waals surface area contributed by atoms with Gasteiger partial charge in [-0.1, -0.05) is 0 Å². The molecule has 0 bridgehead atoms. The molecule has 0 unspecified atom stereocenters. The van der Waals surface area contributed by atoms with Gasteiger partial charge in [0.05, 0.1) is 24.2 Å². The lowest BCUT2D eigenvalue weighted by atomic mass is 10.1. The second-order valence-corrected chi connectivity index (χ2v) is 5.08. The van der Waals surface area contributed by atoms with Crippen LogP contribution in [0.2, 0.25) is 0 Å². The van der Waals surface area contributed by atoms with E-state index in [4.69, 9.17) is 5.26 Å². The minimum Gasteiger partial charge on any atom is -0.367 e. The van der Waals surface area contributed by atoms with Crippen molar-refractivity contribution >= 4 is 16.9 Å². The molecule has 0 radical (unpaired) electrons. The summed E-state index contributed by atoms with van der Waals surface area (Å²) < 4.78 is 1.75. The van der Waals surface area contributed by atoms with Crippen molar-refractivity contribution in [3.8, 4) is 6.07 Å². The van der Waals surface area contributed by atoms with Gasteiger partial charge in [0.2, 0.25) is 0 Å². The van der Waals surface area contributed by atoms with Gasteiger partial charge in [0.15, 0.2) is 5.65 Å². The molecule has 0 saturated carbocycles. The number of aromatic nitrogens is 4. The van der Waals surface area contributed by atoms with Gasteiger partial charge in [0, 0.05) is 26.2 Å². The van der Waals surface area contributed by atoms with E-state index in [-0.39, 0.29) is 0 Å². The highest BCUT2D eigenvalue weighted by molar-refractivity contribution is 5.86. The Morgan fingerprint density at radius 3 is 2.95 bits per heavy atom. The highest BCUT2D eigenvalue weighted by Gasteiger charge is 2.20. The fourth-order valence-electron chi connectivity index (χ4n) is 2.61. The van der Waals surface area contributed by atoms with E-state index in [1.165, 1.54) is 0 Å². The molecule has 2 aromatic rings. The zero-order valence-corrected chi connectivity index (χ0v) is 11.5. The van der Waals surface area contributed by atoms with E-state index < -0.39 is 0 Å². The third kappa shape index (κ3) is 2.42. The largest absolute Gasteiger partial charge is 0.367 e. The van der Waals surface area contributed by atoms with Gasteiger partial charge < -0.3 is 5.32 Å². The summed E-state index contributed by atoms with van der Waals surface area (Å²) in [4.78, 5) is 10.7. The van der Waals surface area contributed by atoms with E-state index in [0.29, 0.717) is 12.6 Å². The van der Waals surface area contributed by atoms with Gasteiger partial charge in [-0.05, 0) is 12.8 Å². The van der Waals surface area contributed by atoms with Crippen LogP contribution in [0.25, 0.3) is 11.0 Å². The highest BCUT2D eigenvalue weighted by Crippen LogP contribution is 2.21. The summed E-state index contributed by atoms with van der Waals surface area (Å²) in [7, 11) is 1.87. The molecule has 2 aromatic heterocycles. The molecule has 0 amide bonds. The van der Waals surface area contributed by atoms with Crippen LogP contribution in [0, 0.1) is 11.3 Å². The summed E-state index contributed by atoms with van der Waals surface area (Å²) in [5.41, 5.74) is 0.837. The molecule has 7 nitrogen and oxygen atoms in total. The number of hydrogen-bond acceptors (Lipinski definition) is 6. The maximum absolute atomic E-state index is 8.71. The molecule has 1 aliphatic heterocycles. The van der Waals surface area contributed by atoms with Crippen molar-refractivity contribution < 1.29 is 0 Å². The Morgan fingerprint density at radius 1 is 1.40 bits per heavy atom. The maximum Gasteiger partial charge on any atom is 0.163 e. The summed E-state index contributed by atoms with van der Waals surface area (Å²) in [5.74, 6) is 0.849. The number of piperidine rings is 1. The summed E-state index contributed by atoms with van der Waals surface area (Å²) in [6.07, 6.45) is 5.40. The molecule has 3 heterocycles. The fourth-order valence-corrected chi connectivity index (χ4v) is 2.61. The molecule has 0 aliphatic carbocycles. The van der Waals surface area contributed by atoms with Gasteiger partial charge in [0.25, 0.3) is 0 Å². The lowest BCUT2D eigenvalue weighted by molar-refractivity contribution is 0.242. The fraction of sp³-hybridized carbons (Fsp3) is 0.538. The Kier molecular flexibility index (Phi) is 3.48. The molecule has 7 heteroatoms. The number of rotatable bonds is 3. The quantitative estimate of drug-likeness (QED) is 0.830.